The van der Waals surface area contributed by atoms with Gasteiger partial charge in [-0.2, -0.15) is 4.31 Å². The minimum absolute atomic E-state index is 0.335. The van der Waals surface area contributed by atoms with Gasteiger partial charge in [-0.15, -0.1) is 0 Å². The summed E-state index contributed by atoms with van der Waals surface area (Å²) in [7, 11) is -2.58. The van der Waals surface area contributed by atoms with Gasteiger partial charge < -0.3 is 10.4 Å². The molecule has 2 atom stereocenters. The lowest BCUT2D eigenvalue weighted by Gasteiger charge is -2.25. The predicted octanol–water partition coefficient (Wildman–Crippen LogP) is -0.221. The second-order valence-electron chi connectivity index (χ2n) is 4.24. The molecule has 1 heterocycles. The summed E-state index contributed by atoms with van der Waals surface area (Å²) in [6, 6.07) is 4.64. The van der Waals surface area contributed by atoms with Crippen LogP contribution in [0.3, 0.4) is 0 Å². The lowest BCUT2D eigenvalue weighted by atomic mass is 10.2. The lowest BCUT2D eigenvalue weighted by molar-refractivity contribution is 0.136. The molecule has 7 heteroatoms. The van der Waals surface area contributed by atoms with Crippen LogP contribution in [0.2, 0.25) is 0 Å². The fourth-order valence-electron chi connectivity index (χ4n) is 2.01. The van der Waals surface area contributed by atoms with Gasteiger partial charge in [0.1, 0.15) is 10.7 Å². The summed E-state index contributed by atoms with van der Waals surface area (Å²) < 4.78 is 39.0. The van der Waals surface area contributed by atoms with Gasteiger partial charge in [0.05, 0.1) is 12.1 Å². The molecular weight excluding hydrogens is 259 g/mol. The van der Waals surface area contributed by atoms with Crippen LogP contribution in [-0.4, -0.2) is 50.1 Å². The first-order valence-electron chi connectivity index (χ1n) is 5.56. The number of sulfonamides is 1. The van der Waals surface area contributed by atoms with Gasteiger partial charge in [0.2, 0.25) is 10.0 Å². The highest BCUT2D eigenvalue weighted by Crippen LogP contribution is 2.21. The highest BCUT2D eigenvalue weighted by atomic mass is 32.2. The number of nitrogens with zero attached hydrogens (tertiary/aromatic N) is 1. The Balaban J connectivity index is 2.34. The molecule has 2 rings (SSSR count). The molecule has 1 aromatic carbocycles. The number of nitrogens with one attached hydrogen (secondary N) is 1. The summed E-state index contributed by atoms with van der Waals surface area (Å²) in [4.78, 5) is -0.369. The zero-order valence-corrected chi connectivity index (χ0v) is 10.7. The molecule has 0 spiro atoms. The monoisotopic (exact) mass is 274 g/mol. The van der Waals surface area contributed by atoms with Crippen molar-refractivity contribution in [1.82, 2.24) is 9.62 Å². The smallest absolute Gasteiger partial charge is 0.246 e. The van der Waals surface area contributed by atoms with E-state index in [1.54, 1.807) is 0 Å². The summed E-state index contributed by atoms with van der Waals surface area (Å²) in [5, 5.41) is 12.6. The van der Waals surface area contributed by atoms with Crippen LogP contribution >= 0.6 is 0 Å². The van der Waals surface area contributed by atoms with E-state index in [-0.39, 0.29) is 4.90 Å². The van der Waals surface area contributed by atoms with Crippen molar-refractivity contribution in [2.24, 2.45) is 0 Å². The Labute approximate surface area is 105 Å². The number of aliphatic hydroxyl groups excluding tert-OH is 1. The number of halogens is 1. The fourth-order valence-corrected chi connectivity index (χ4v) is 3.46. The van der Waals surface area contributed by atoms with Gasteiger partial charge in [0.25, 0.3) is 0 Å². The maximum atomic E-state index is 13.5. The van der Waals surface area contributed by atoms with Gasteiger partial charge in [0.15, 0.2) is 0 Å². The summed E-state index contributed by atoms with van der Waals surface area (Å²) in [6.07, 6.45) is -0.781. The zero-order chi connectivity index (χ0) is 13.3. The Morgan fingerprint density at radius 1 is 1.39 bits per heavy atom. The minimum atomic E-state index is -3.93. The van der Waals surface area contributed by atoms with E-state index in [2.05, 4.69) is 5.32 Å². The molecule has 2 N–H and O–H groups in total. The van der Waals surface area contributed by atoms with Gasteiger partial charge in [0, 0.05) is 20.1 Å². The molecule has 1 aliphatic heterocycles. The molecular formula is C11H15FN2O3S. The van der Waals surface area contributed by atoms with E-state index in [0.717, 1.165) is 10.4 Å². The van der Waals surface area contributed by atoms with Crippen LogP contribution in [-0.2, 0) is 10.0 Å². The number of benzene rings is 1. The van der Waals surface area contributed by atoms with Crippen LogP contribution in [0, 0.1) is 5.82 Å². The minimum Gasteiger partial charge on any atom is -0.390 e. The summed E-state index contributed by atoms with van der Waals surface area (Å²) in [5.41, 5.74) is 0. The highest BCUT2D eigenvalue weighted by Gasteiger charge is 2.36. The molecule has 18 heavy (non-hydrogen) atoms. The van der Waals surface area contributed by atoms with Crippen LogP contribution in [0.25, 0.3) is 0 Å². The topological polar surface area (TPSA) is 69.6 Å². The zero-order valence-electron chi connectivity index (χ0n) is 9.88. The van der Waals surface area contributed by atoms with E-state index >= 15 is 0 Å². The van der Waals surface area contributed by atoms with Crippen molar-refractivity contribution in [2.45, 2.75) is 17.0 Å². The van der Waals surface area contributed by atoms with Gasteiger partial charge in [-0.05, 0) is 12.1 Å². The quantitative estimate of drug-likeness (QED) is 0.799. The van der Waals surface area contributed by atoms with E-state index < -0.39 is 28.0 Å². The predicted molar refractivity (Wildman–Crippen MR) is 64.0 cm³/mol. The van der Waals surface area contributed by atoms with Crippen molar-refractivity contribution >= 4 is 10.0 Å². The van der Waals surface area contributed by atoms with Gasteiger partial charge >= 0.3 is 0 Å². The van der Waals surface area contributed by atoms with Gasteiger partial charge in [-0.1, -0.05) is 12.1 Å². The summed E-state index contributed by atoms with van der Waals surface area (Å²) in [6.45, 7) is 0.688. The Hall–Kier alpha value is -1.02. The standard InChI is InChI=1S/C11H15FN2O3S/c1-14(9-6-13-7-10(9)15)18(16,17)11-5-3-2-4-8(11)12/h2-5,9-10,13,15H,6-7H2,1H3/t9-,10-/m1/s1. The molecule has 1 aliphatic rings. The maximum Gasteiger partial charge on any atom is 0.246 e. The Morgan fingerprint density at radius 2 is 2.06 bits per heavy atom. The van der Waals surface area contributed by atoms with Crippen LogP contribution < -0.4 is 5.32 Å². The first kappa shape index (κ1) is 13.4. The molecule has 5 nitrogen and oxygen atoms in total. The maximum absolute atomic E-state index is 13.5. The van der Waals surface area contributed by atoms with Gasteiger partial charge in [-0.25, -0.2) is 12.8 Å². The third-order valence-electron chi connectivity index (χ3n) is 3.11. The van der Waals surface area contributed by atoms with E-state index in [9.17, 15) is 17.9 Å². The van der Waals surface area contributed by atoms with Crippen LogP contribution in [0.1, 0.15) is 0 Å². The second-order valence-corrected chi connectivity index (χ2v) is 6.21. The number of rotatable bonds is 3. The van der Waals surface area contributed by atoms with E-state index in [4.69, 9.17) is 0 Å². The number of β-amino-alcohol motifs (C(OH)–C–C–N with tert-alkyl or cyclic N) is 1. The third-order valence-corrected chi connectivity index (χ3v) is 5.03. The van der Waals surface area contributed by atoms with Crippen LogP contribution in [0.5, 0.6) is 0 Å². The van der Waals surface area contributed by atoms with Crippen molar-refractivity contribution in [3.05, 3.63) is 30.1 Å². The number of hydrogen-bond donors (Lipinski definition) is 2. The SMILES string of the molecule is CN([C@@H]1CNC[C@H]1O)S(=O)(=O)c1ccccc1F. The molecule has 0 radical (unpaired) electrons. The highest BCUT2D eigenvalue weighted by molar-refractivity contribution is 7.89. The molecule has 1 saturated heterocycles. The van der Waals surface area contributed by atoms with Crippen molar-refractivity contribution < 1.29 is 17.9 Å². The number of hydrogen-bond acceptors (Lipinski definition) is 4. The van der Waals surface area contributed by atoms with Crippen molar-refractivity contribution in [3.8, 4) is 0 Å². The first-order chi connectivity index (χ1) is 8.44. The lowest BCUT2D eigenvalue weighted by Crippen LogP contribution is -2.44. The summed E-state index contributed by atoms with van der Waals surface area (Å²) >= 11 is 0. The van der Waals surface area contributed by atoms with Crippen molar-refractivity contribution in [1.29, 1.82) is 0 Å². The Bertz CT molecular complexity index is 535. The normalized spacial score (nSPS) is 24.7. The molecule has 0 saturated carbocycles. The second kappa shape index (κ2) is 4.93. The average Bonchev–Trinajstić information content (AvgIpc) is 2.74. The molecule has 0 amide bonds. The summed E-state index contributed by atoms with van der Waals surface area (Å²) in [5.74, 6) is -0.787. The van der Waals surface area contributed by atoms with Crippen LogP contribution in [0.15, 0.2) is 29.2 Å². The average molecular weight is 274 g/mol. The molecule has 0 bridgehead atoms. The van der Waals surface area contributed by atoms with Crippen LogP contribution in [0.4, 0.5) is 4.39 Å². The molecule has 0 aliphatic carbocycles. The third kappa shape index (κ3) is 2.26. The largest absolute Gasteiger partial charge is 0.390 e. The van der Waals surface area contributed by atoms with Gasteiger partial charge in [-0.3, -0.25) is 0 Å². The first-order valence-corrected chi connectivity index (χ1v) is 7.00. The molecule has 1 aromatic rings. The fraction of sp³-hybridized carbons (Fsp3) is 0.455. The molecule has 0 aromatic heterocycles. The molecule has 0 unspecified atom stereocenters. The van der Waals surface area contributed by atoms with E-state index in [0.29, 0.717) is 13.1 Å². The number of aliphatic hydroxyl groups is 1. The Morgan fingerprint density at radius 3 is 2.61 bits per heavy atom. The van der Waals surface area contributed by atoms with Crippen molar-refractivity contribution in [2.75, 3.05) is 20.1 Å². The molecule has 1 fully saturated rings. The van der Waals surface area contributed by atoms with Crippen molar-refractivity contribution in [3.63, 3.8) is 0 Å². The van der Waals surface area contributed by atoms with E-state index in [1.165, 1.54) is 25.2 Å². The Kier molecular flexibility index (Phi) is 3.67. The number of likely N-dealkylation sites (N-methyl/N-ethyl adjacent to an activating group) is 1. The molecule has 100 valence electrons. The van der Waals surface area contributed by atoms with E-state index in [1.807, 2.05) is 0 Å².